The first-order valence-corrected chi connectivity index (χ1v) is 21.3. The predicted octanol–water partition coefficient (Wildman–Crippen LogP) is 4.99. The average Bonchev–Trinajstić information content (AvgIpc) is 3.52. The fourth-order valence-corrected chi connectivity index (χ4v) is 10.8. The van der Waals surface area contributed by atoms with E-state index in [1.165, 1.54) is 18.4 Å². The molecule has 14 heteroatoms. The molecule has 1 saturated carbocycles. The molecule has 6 aliphatic rings. The number of nitrogens with zero attached hydrogens (tertiary/aromatic N) is 8. The Kier molecular flexibility index (Phi) is 9.74. The number of piperidine rings is 2. The molecule has 0 spiro atoms. The van der Waals surface area contributed by atoms with Crippen molar-refractivity contribution >= 4 is 35.0 Å². The summed E-state index contributed by atoms with van der Waals surface area (Å²) in [5.41, 5.74) is 11.9. The smallest absolute Gasteiger partial charge is 0.249 e. The number of rotatable bonds is 7. The Bertz CT molecular complexity index is 2170. The van der Waals surface area contributed by atoms with Crippen LogP contribution in [0, 0.1) is 0 Å². The summed E-state index contributed by atoms with van der Waals surface area (Å²) >= 11 is 0. The van der Waals surface area contributed by atoms with E-state index in [1.807, 2.05) is 24.4 Å². The maximum absolute atomic E-state index is 12.8. The van der Waals surface area contributed by atoms with Crippen molar-refractivity contribution in [3.63, 3.8) is 0 Å². The molecular formula is C44H52N10O4. The van der Waals surface area contributed by atoms with Gasteiger partial charge in [0.1, 0.15) is 24.1 Å². The quantitative estimate of drug-likeness (QED) is 0.215. The van der Waals surface area contributed by atoms with Gasteiger partial charge in [-0.15, -0.1) is 10.2 Å². The number of hydrogen-bond acceptors (Lipinski definition) is 13. The lowest BCUT2D eigenvalue weighted by Crippen LogP contribution is -2.54. The van der Waals surface area contributed by atoms with Crippen molar-refractivity contribution in [2.45, 2.75) is 100 Å². The number of carbonyl (C=O) groups is 2. The summed E-state index contributed by atoms with van der Waals surface area (Å²) in [6, 6.07) is 18.4. The van der Waals surface area contributed by atoms with Crippen LogP contribution in [0.4, 0.5) is 23.1 Å². The van der Waals surface area contributed by atoms with Crippen LogP contribution in [0.5, 0.6) is 11.5 Å². The highest BCUT2D eigenvalue weighted by molar-refractivity contribution is 6.02. The number of ether oxygens (including phenoxy) is 1. The highest BCUT2D eigenvalue weighted by Gasteiger charge is 2.43. The molecule has 4 aromatic rings. The number of para-hydroxylation sites is 2. The predicted molar refractivity (Wildman–Crippen MR) is 221 cm³/mol. The number of benzene rings is 2. The molecular weight excluding hydrogens is 733 g/mol. The number of fused-ring (bicyclic) bond motifs is 3. The highest BCUT2D eigenvalue weighted by atomic mass is 16.5. The summed E-state index contributed by atoms with van der Waals surface area (Å²) in [7, 11) is 0. The SMILES string of the molecule is Nc1nnc(-c2ccccc2O)cc1N1C[C@H]2CC[C@@H](C1)N2c1nccc(C2CCN([C@H]3CC[C@@H](c4cccc5c4OCCN5[C@H]4CCC(=O)NC4=O)CC3)CC2)n1. The molecule has 7 heterocycles. The number of imide groups is 1. The molecule has 0 unspecified atom stereocenters. The van der Waals surface area contributed by atoms with E-state index in [0.29, 0.717) is 60.9 Å². The molecule has 14 nitrogen and oxygen atoms in total. The Balaban J connectivity index is 0.753. The number of piperazine rings is 1. The topological polar surface area (TPSA) is 166 Å². The Morgan fingerprint density at radius 2 is 1.57 bits per heavy atom. The number of nitrogens with one attached hydrogen (secondary N) is 1. The van der Waals surface area contributed by atoms with Crippen molar-refractivity contribution in [3.05, 3.63) is 72.1 Å². The summed E-state index contributed by atoms with van der Waals surface area (Å²) in [6.45, 7) is 4.94. The zero-order valence-corrected chi connectivity index (χ0v) is 32.9. The number of aromatic hydroxyl groups is 1. The van der Waals surface area contributed by atoms with E-state index in [9.17, 15) is 14.7 Å². The van der Waals surface area contributed by atoms with Crippen LogP contribution in [0.1, 0.15) is 87.3 Å². The van der Waals surface area contributed by atoms with Crippen LogP contribution in [-0.4, -0.2) is 105 Å². The van der Waals surface area contributed by atoms with E-state index in [1.54, 1.807) is 12.1 Å². The lowest BCUT2D eigenvalue weighted by Gasteiger charge is -2.43. The van der Waals surface area contributed by atoms with E-state index in [2.05, 4.69) is 59.4 Å². The van der Waals surface area contributed by atoms with E-state index < -0.39 is 0 Å². The maximum atomic E-state index is 12.8. The van der Waals surface area contributed by atoms with Gasteiger partial charge < -0.3 is 35.2 Å². The zero-order chi connectivity index (χ0) is 39.3. The largest absolute Gasteiger partial charge is 0.507 e. The molecule has 4 saturated heterocycles. The molecule has 302 valence electrons. The van der Waals surface area contributed by atoms with Gasteiger partial charge in [0, 0.05) is 61.0 Å². The van der Waals surface area contributed by atoms with Gasteiger partial charge in [-0.25, -0.2) is 9.97 Å². The van der Waals surface area contributed by atoms with E-state index in [-0.39, 0.29) is 35.7 Å². The van der Waals surface area contributed by atoms with Crippen molar-refractivity contribution in [1.29, 1.82) is 0 Å². The first kappa shape index (κ1) is 36.8. The number of anilines is 4. The second kappa shape index (κ2) is 15.3. The van der Waals surface area contributed by atoms with E-state index in [0.717, 1.165) is 93.5 Å². The minimum Gasteiger partial charge on any atom is -0.507 e. The van der Waals surface area contributed by atoms with Crippen molar-refractivity contribution in [1.82, 2.24) is 30.4 Å². The number of nitrogen functional groups attached to an aromatic ring is 1. The van der Waals surface area contributed by atoms with Gasteiger partial charge in [-0.3, -0.25) is 14.9 Å². The molecule has 4 N–H and O–H groups in total. The molecule has 10 rings (SSSR count). The summed E-state index contributed by atoms with van der Waals surface area (Å²) in [4.78, 5) is 44.3. The minimum atomic E-state index is -0.335. The van der Waals surface area contributed by atoms with Crippen molar-refractivity contribution in [2.24, 2.45) is 0 Å². The second-order valence-corrected chi connectivity index (χ2v) is 17.0. The van der Waals surface area contributed by atoms with Crippen molar-refractivity contribution in [3.8, 4) is 22.8 Å². The van der Waals surface area contributed by atoms with E-state index >= 15 is 0 Å². The summed E-state index contributed by atoms with van der Waals surface area (Å²) in [5.74, 6) is 2.80. The third-order valence-electron chi connectivity index (χ3n) is 13.8. The molecule has 5 fully saturated rings. The third-order valence-corrected chi connectivity index (χ3v) is 13.8. The molecule has 58 heavy (non-hydrogen) atoms. The number of nitrogens with two attached hydrogens (primary N) is 1. The van der Waals surface area contributed by atoms with Gasteiger partial charge in [0.2, 0.25) is 17.8 Å². The number of phenolic OH excluding ortho intramolecular Hbond substituents is 1. The molecule has 2 amide bonds. The molecule has 3 atom stereocenters. The van der Waals surface area contributed by atoms with Crippen molar-refractivity contribution < 1.29 is 19.4 Å². The Morgan fingerprint density at radius 1 is 0.793 bits per heavy atom. The number of carbonyl (C=O) groups excluding carboxylic acids is 2. The fraction of sp³-hybridized carbons (Fsp3) is 0.500. The van der Waals surface area contributed by atoms with Crippen LogP contribution in [-0.2, 0) is 9.59 Å². The van der Waals surface area contributed by atoms with Gasteiger partial charge in [0.15, 0.2) is 5.82 Å². The number of aromatic nitrogens is 4. The zero-order valence-electron chi connectivity index (χ0n) is 32.9. The van der Waals surface area contributed by atoms with Crippen LogP contribution in [0.2, 0.25) is 0 Å². The molecule has 2 bridgehead atoms. The van der Waals surface area contributed by atoms with Crippen molar-refractivity contribution in [2.75, 3.05) is 59.8 Å². The van der Waals surface area contributed by atoms with Crippen LogP contribution in [0.3, 0.4) is 0 Å². The Labute approximate surface area is 338 Å². The molecule has 2 aromatic heterocycles. The normalized spacial score (nSPS) is 26.6. The first-order chi connectivity index (χ1) is 28.4. The van der Waals surface area contributed by atoms with Crippen LogP contribution in [0.15, 0.2) is 60.8 Å². The van der Waals surface area contributed by atoms with Crippen LogP contribution < -0.4 is 30.5 Å². The molecule has 1 aliphatic carbocycles. The van der Waals surface area contributed by atoms with Crippen LogP contribution in [0.25, 0.3) is 11.3 Å². The standard InChI is InChI=1S/C44H52N10O4/c45-42-38(24-35(49-50-42)33-4-1-2-7-39(33)55)52-25-30-12-13-31(26-52)54(30)44-46-19-16-34(47-44)28-17-20-51(21-18-28)29-10-8-27(9-11-29)32-5-3-6-36-41(32)58-23-22-53(36)37-14-15-40(56)48-43(37)57/h1-7,16,19,24,27-31,37,55H,8-15,17-18,20-23,25-26H2,(H2,45,50)(H,48,56,57)/t27-,29+,30-,31+,37-/m0/s1. The maximum Gasteiger partial charge on any atom is 0.249 e. The summed E-state index contributed by atoms with van der Waals surface area (Å²) in [6.07, 6.45) is 11.8. The van der Waals surface area contributed by atoms with Gasteiger partial charge in [0.05, 0.1) is 23.6 Å². The Morgan fingerprint density at radius 3 is 2.34 bits per heavy atom. The van der Waals surface area contributed by atoms with Gasteiger partial charge >= 0.3 is 0 Å². The molecule has 2 aromatic carbocycles. The van der Waals surface area contributed by atoms with Gasteiger partial charge in [-0.1, -0.05) is 24.3 Å². The van der Waals surface area contributed by atoms with Gasteiger partial charge in [-0.2, -0.15) is 0 Å². The average molecular weight is 785 g/mol. The highest BCUT2D eigenvalue weighted by Crippen LogP contribution is 2.46. The second-order valence-electron chi connectivity index (χ2n) is 17.0. The Hall–Kier alpha value is -5.50. The number of hydrogen-bond donors (Lipinski definition) is 3. The minimum absolute atomic E-state index is 0.170. The summed E-state index contributed by atoms with van der Waals surface area (Å²) < 4.78 is 6.31. The van der Waals surface area contributed by atoms with Gasteiger partial charge in [-0.05, 0) is 113 Å². The number of amides is 2. The summed E-state index contributed by atoms with van der Waals surface area (Å²) in [5, 5.41) is 21.5. The number of likely N-dealkylation sites (tertiary alicyclic amines) is 1. The lowest BCUT2D eigenvalue weighted by atomic mass is 9.79. The number of phenols is 1. The fourth-order valence-electron chi connectivity index (χ4n) is 10.8. The molecule has 0 radical (unpaired) electrons. The monoisotopic (exact) mass is 784 g/mol. The third kappa shape index (κ3) is 6.84. The lowest BCUT2D eigenvalue weighted by molar-refractivity contribution is -0.134. The van der Waals surface area contributed by atoms with Crippen LogP contribution >= 0.6 is 0 Å². The van der Waals surface area contributed by atoms with Gasteiger partial charge in [0.25, 0.3) is 0 Å². The first-order valence-electron chi connectivity index (χ1n) is 21.3. The molecule has 5 aliphatic heterocycles. The van der Waals surface area contributed by atoms with E-state index in [4.69, 9.17) is 20.4 Å².